The molecule has 1 aliphatic rings. The minimum atomic E-state index is -0.220. The second kappa shape index (κ2) is 9.08. The smallest absolute Gasteiger partial charge is 0.311 e. The van der Waals surface area contributed by atoms with E-state index in [1.54, 1.807) is 0 Å². The molecule has 1 fully saturated rings. The van der Waals surface area contributed by atoms with Gasteiger partial charge >= 0.3 is 5.97 Å². The molecule has 31 heavy (non-hydrogen) atoms. The van der Waals surface area contributed by atoms with Crippen LogP contribution in [0.1, 0.15) is 68.6 Å². The quantitative estimate of drug-likeness (QED) is 0.272. The molecule has 0 radical (unpaired) electrons. The second-order valence-corrected chi connectivity index (χ2v) is 9.09. The largest absolute Gasteiger partial charge is 0.454 e. The van der Waals surface area contributed by atoms with E-state index in [2.05, 4.69) is 38.0 Å². The predicted molar refractivity (Wildman–Crippen MR) is 123 cm³/mol. The zero-order chi connectivity index (χ0) is 22.8. The maximum Gasteiger partial charge on any atom is 0.311 e. The van der Waals surface area contributed by atoms with Gasteiger partial charge in [-0.05, 0) is 50.2 Å². The van der Waals surface area contributed by atoms with Gasteiger partial charge in [-0.3, -0.25) is 9.48 Å². The van der Waals surface area contributed by atoms with E-state index in [-0.39, 0.29) is 24.1 Å². The third-order valence-corrected chi connectivity index (χ3v) is 5.71. The molecule has 6 nitrogen and oxygen atoms in total. The Morgan fingerprint density at radius 2 is 1.84 bits per heavy atom. The number of ether oxygens (including phenoxy) is 2. The zero-order valence-electron chi connectivity index (χ0n) is 19.4. The van der Waals surface area contributed by atoms with E-state index in [1.807, 2.05) is 37.6 Å². The molecule has 0 spiro atoms. The molecule has 166 valence electrons. The summed E-state index contributed by atoms with van der Waals surface area (Å²) >= 11 is 0. The fourth-order valence-corrected chi connectivity index (χ4v) is 3.47. The number of esters is 1. The summed E-state index contributed by atoms with van der Waals surface area (Å²) in [6, 6.07) is 8.18. The lowest BCUT2D eigenvalue weighted by molar-refractivity contribution is -0.153. The lowest BCUT2D eigenvalue weighted by atomic mass is 9.86. The Kier molecular flexibility index (Phi) is 6.68. The van der Waals surface area contributed by atoms with E-state index in [1.165, 1.54) is 11.8 Å². The van der Waals surface area contributed by atoms with Crippen LogP contribution in [0.25, 0.3) is 11.3 Å². The minimum absolute atomic E-state index is 0.00771. The van der Waals surface area contributed by atoms with E-state index < -0.39 is 0 Å². The Morgan fingerprint density at radius 1 is 1.19 bits per heavy atom. The van der Waals surface area contributed by atoms with Crippen LogP contribution in [0, 0.1) is 25.2 Å². The molecule has 1 aliphatic carbocycles. The van der Waals surface area contributed by atoms with Gasteiger partial charge in [0.1, 0.15) is 5.69 Å². The molecule has 0 saturated heterocycles. The summed E-state index contributed by atoms with van der Waals surface area (Å²) in [5.74, 6) is 0.289. The number of nitrogens with zero attached hydrogens (tertiary/aromatic N) is 2. The van der Waals surface area contributed by atoms with E-state index >= 15 is 0 Å². The van der Waals surface area contributed by atoms with Crippen molar-refractivity contribution < 1.29 is 14.3 Å². The number of hydrogen-bond acceptors (Lipinski definition) is 5. The lowest BCUT2D eigenvalue weighted by Crippen LogP contribution is -2.13. The molecule has 0 unspecified atom stereocenters. The summed E-state index contributed by atoms with van der Waals surface area (Å²) in [4.78, 5) is 12.0. The average Bonchev–Trinajstić information content (AvgIpc) is 3.54. The van der Waals surface area contributed by atoms with Crippen LogP contribution < -0.4 is 0 Å². The van der Waals surface area contributed by atoms with Crippen molar-refractivity contribution in [1.82, 2.24) is 9.78 Å². The fraction of sp³-hybridized carbons (Fsp3) is 0.480. The van der Waals surface area contributed by atoms with Crippen LogP contribution in [0.3, 0.4) is 0 Å². The first-order valence-corrected chi connectivity index (χ1v) is 10.9. The summed E-state index contributed by atoms with van der Waals surface area (Å²) in [6.07, 6.45) is 3.06. The van der Waals surface area contributed by atoms with Crippen LogP contribution in [-0.4, -0.2) is 28.8 Å². The fourth-order valence-electron chi connectivity index (χ4n) is 3.47. The van der Waals surface area contributed by atoms with Crippen molar-refractivity contribution >= 4 is 23.5 Å². The van der Waals surface area contributed by atoms with E-state index in [0.29, 0.717) is 17.9 Å². The molecule has 1 N–H and O–H groups in total. The van der Waals surface area contributed by atoms with Crippen LogP contribution in [0.15, 0.2) is 24.3 Å². The van der Waals surface area contributed by atoms with Crippen molar-refractivity contribution in [1.29, 1.82) is 5.41 Å². The van der Waals surface area contributed by atoms with Crippen LogP contribution >= 0.6 is 0 Å². The number of carbonyl (C=O) groups excluding carboxylic acids is 1. The topological polar surface area (TPSA) is 77.2 Å². The molecule has 0 bridgehead atoms. The molecule has 0 amide bonds. The molecule has 6 heteroatoms. The van der Waals surface area contributed by atoms with Crippen molar-refractivity contribution in [2.45, 2.75) is 66.3 Å². The van der Waals surface area contributed by atoms with Crippen molar-refractivity contribution in [2.24, 2.45) is 5.92 Å². The molecule has 1 saturated carbocycles. The molecule has 0 atom stereocenters. The SMILES string of the molecule is CCn1nc(C)c(C)c1/C(OCOC(=O)C1CC1)=C(\C=N)c1ccc(C(C)(C)C)cc1. The molecular formula is C25H33N3O3. The number of rotatable bonds is 8. The Bertz CT molecular complexity index is 990. The summed E-state index contributed by atoms with van der Waals surface area (Å²) in [6.45, 7) is 13.0. The maximum absolute atomic E-state index is 12.0. The van der Waals surface area contributed by atoms with E-state index in [9.17, 15) is 4.79 Å². The predicted octanol–water partition coefficient (Wildman–Crippen LogP) is 5.26. The number of hydrogen-bond donors (Lipinski definition) is 1. The normalized spacial score (nSPS) is 14.8. The number of aryl methyl sites for hydroxylation is 2. The summed E-state index contributed by atoms with van der Waals surface area (Å²) in [5, 5.41) is 12.8. The van der Waals surface area contributed by atoms with Gasteiger partial charge in [0.25, 0.3) is 0 Å². The highest BCUT2D eigenvalue weighted by atomic mass is 16.7. The highest BCUT2D eigenvalue weighted by molar-refractivity contribution is 6.17. The van der Waals surface area contributed by atoms with Gasteiger partial charge < -0.3 is 14.9 Å². The molecular weight excluding hydrogens is 390 g/mol. The van der Waals surface area contributed by atoms with Gasteiger partial charge in [-0.2, -0.15) is 5.10 Å². The first-order valence-electron chi connectivity index (χ1n) is 10.9. The third kappa shape index (κ3) is 5.06. The van der Waals surface area contributed by atoms with Gasteiger partial charge in [0.05, 0.1) is 11.6 Å². The van der Waals surface area contributed by atoms with Crippen molar-refractivity contribution in [3.63, 3.8) is 0 Å². The van der Waals surface area contributed by atoms with Gasteiger partial charge in [0.15, 0.2) is 5.76 Å². The zero-order valence-corrected chi connectivity index (χ0v) is 19.4. The van der Waals surface area contributed by atoms with Gasteiger partial charge in [-0.15, -0.1) is 0 Å². The van der Waals surface area contributed by atoms with Crippen LogP contribution in [0.2, 0.25) is 0 Å². The standard InChI is InChI=1S/C25H33N3O3/c1-7-28-22(16(2)17(3)27-28)23(30-15-31-24(29)19-8-9-19)21(14-26)18-10-12-20(13-11-18)25(4,5)6/h10-14,19,26H,7-9,15H2,1-6H3/b23-21-,26-14?. The van der Waals surface area contributed by atoms with Gasteiger partial charge in [0, 0.05) is 23.9 Å². The second-order valence-electron chi connectivity index (χ2n) is 9.09. The Labute approximate surface area is 184 Å². The van der Waals surface area contributed by atoms with Crippen molar-refractivity contribution in [2.75, 3.05) is 6.79 Å². The maximum atomic E-state index is 12.0. The Balaban J connectivity index is 2.04. The summed E-state index contributed by atoms with van der Waals surface area (Å²) < 4.78 is 13.2. The van der Waals surface area contributed by atoms with Crippen LogP contribution in [-0.2, 0) is 26.2 Å². The molecule has 3 rings (SSSR count). The molecule has 1 aromatic heterocycles. The number of nitrogens with one attached hydrogen (secondary N) is 1. The van der Waals surface area contributed by atoms with Crippen molar-refractivity contribution in [3.05, 3.63) is 52.3 Å². The Morgan fingerprint density at radius 3 is 2.35 bits per heavy atom. The van der Waals surface area contributed by atoms with Crippen LogP contribution in [0.5, 0.6) is 0 Å². The summed E-state index contributed by atoms with van der Waals surface area (Å²) in [5.41, 5.74) is 5.44. The number of benzene rings is 1. The van der Waals surface area contributed by atoms with E-state index in [0.717, 1.165) is 35.4 Å². The van der Waals surface area contributed by atoms with Crippen molar-refractivity contribution in [3.8, 4) is 0 Å². The molecule has 2 aromatic rings. The monoisotopic (exact) mass is 423 g/mol. The molecule has 1 heterocycles. The molecule has 1 aromatic carbocycles. The third-order valence-electron chi connectivity index (χ3n) is 5.71. The lowest BCUT2D eigenvalue weighted by Gasteiger charge is -2.20. The molecule has 0 aliphatic heterocycles. The van der Waals surface area contributed by atoms with Gasteiger partial charge in [-0.25, -0.2) is 0 Å². The number of carbonyl (C=O) groups is 1. The van der Waals surface area contributed by atoms with Crippen LogP contribution in [0.4, 0.5) is 0 Å². The average molecular weight is 424 g/mol. The summed E-state index contributed by atoms with van der Waals surface area (Å²) in [7, 11) is 0. The van der Waals surface area contributed by atoms with Gasteiger partial charge in [-0.1, -0.05) is 45.0 Å². The first-order chi connectivity index (χ1) is 14.7. The number of aromatic nitrogens is 2. The van der Waals surface area contributed by atoms with Gasteiger partial charge in [0.2, 0.25) is 6.79 Å². The minimum Gasteiger partial charge on any atom is -0.454 e. The highest BCUT2D eigenvalue weighted by Gasteiger charge is 2.31. The first kappa shape index (κ1) is 22.8. The number of allylic oxidation sites excluding steroid dienone is 1. The Hall–Kier alpha value is -2.89. The van der Waals surface area contributed by atoms with E-state index in [4.69, 9.17) is 14.9 Å². The highest BCUT2D eigenvalue weighted by Crippen LogP contribution is 2.33.